The van der Waals surface area contributed by atoms with Crippen LogP contribution in [0, 0.1) is 17.5 Å². The van der Waals surface area contributed by atoms with Crippen LogP contribution in [0.3, 0.4) is 0 Å². The van der Waals surface area contributed by atoms with Crippen molar-refractivity contribution in [2.75, 3.05) is 24.2 Å². The fourth-order valence-corrected chi connectivity index (χ4v) is 4.18. The highest BCUT2D eigenvalue weighted by Gasteiger charge is 2.26. The molecule has 0 aliphatic carbocycles. The molecule has 0 aromatic heterocycles. The largest absolute Gasteiger partial charge is 0.357 e. The summed E-state index contributed by atoms with van der Waals surface area (Å²) in [5.74, 6) is -3.56. The molecule has 1 unspecified atom stereocenters. The van der Waals surface area contributed by atoms with Gasteiger partial charge in [0.15, 0.2) is 11.6 Å². The van der Waals surface area contributed by atoms with E-state index in [-0.39, 0.29) is 31.6 Å². The highest BCUT2D eigenvalue weighted by atomic mass is 32.2. The molecule has 7 nitrogen and oxygen atoms in total. The van der Waals surface area contributed by atoms with Crippen molar-refractivity contribution in [3.05, 3.63) is 65.5 Å². The molecule has 0 heterocycles. The second-order valence-electron chi connectivity index (χ2n) is 7.48. The standard InChI is InChI=1S/C22H26F3N3O4S/c1-15(22(30)26-2)27(14-16-6-8-17(23)9-7-16)21(29)5-4-12-28(33(3,31)32)18-10-11-19(24)20(25)13-18/h6-11,13,15H,4-5,12,14H2,1-3H3,(H,26,30). The minimum atomic E-state index is -3.83. The minimum absolute atomic E-state index is 0.0483. The predicted octanol–water partition coefficient (Wildman–Crippen LogP) is 2.81. The summed E-state index contributed by atoms with van der Waals surface area (Å²) in [7, 11) is -2.40. The molecule has 0 aliphatic rings. The van der Waals surface area contributed by atoms with E-state index >= 15 is 0 Å². The monoisotopic (exact) mass is 485 g/mol. The topological polar surface area (TPSA) is 86.8 Å². The number of likely N-dealkylation sites (N-methyl/N-ethyl adjacent to an activating group) is 1. The molecule has 2 amide bonds. The Balaban J connectivity index is 2.15. The number of carbonyl (C=O) groups excluding carboxylic acids is 2. The van der Waals surface area contributed by atoms with Crippen molar-refractivity contribution >= 4 is 27.5 Å². The van der Waals surface area contributed by atoms with Gasteiger partial charge in [0.25, 0.3) is 0 Å². The van der Waals surface area contributed by atoms with E-state index in [1.165, 1.54) is 36.2 Å². The number of carbonyl (C=O) groups is 2. The van der Waals surface area contributed by atoms with E-state index in [1.807, 2.05) is 0 Å². The van der Waals surface area contributed by atoms with E-state index < -0.39 is 45.3 Å². The number of hydrogen-bond donors (Lipinski definition) is 1. The molecule has 0 spiro atoms. The van der Waals surface area contributed by atoms with E-state index in [4.69, 9.17) is 0 Å². The molecule has 0 radical (unpaired) electrons. The summed E-state index contributed by atoms with van der Waals surface area (Å²) >= 11 is 0. The molecule has 11 heteroatoms. The Hall–Kier alpha value is -3.08. The number of benzene rings is 2. The van der Waals surface area contributed by atoms with Gasteiger partial charge in [-0.3, -0.25) is 13.9 Å². The maximum absolute atomic E-state index is 13.6. The van der Waals surface area contributed by atoms with Gasteiger partial charge in [-0.1, -0.05) is 12.1 Å². The lowest BCUT2D eigenvalue weighted by Gasteiger charge is -2.29. The van der Waals surface area contributed by atoms with Crippen molar-refractivity contribution in [2.24, 2.45) is 0 Å². The molecule has 0 saturated carbocycles. The number of rotatable bonds is 10. The molecule has 2 rings (SSSR count). The smallest absolute Gasteiger partial charge is 0.242 e. The van der Waals surface area contributed by atoms with Crippen LogP contribution in [0.5, 0.6) is 0 Å². The second kappa shape index (κ2) is 11.2. The van der Waals surface area contributed by atoms with Crippen LogP contribution < -0.4 is 9.62 Å². The van der Waals surface area contributed by atoms with Crippen LogP contribution in [-0.2, 0) is 26.2 Å². The van der Waals surface area contributed by atoms with Crippen molar-refractivity contribution in [2.45, 2.75) is 32.4 Å². The molecule has 1 N–H and O–H groups in total. The molecule has 1 atom stereocenters. The summed E-state index contributed by atoms with van der Waals surface area (Å²) in [4.78, 5) is 26.4. The zero-order valence-electron chi connectivity index (χ0n) is 18.5. The van der Waals surface area contributed by atoms with Crippen LogP contribution in [-0.4, -0.2) is 51.0 Å². The molecule has 0 aliphatic heterocycles. The summed E-state index contributed by atoms with van der Waals surface area (Å²) in [5, 5.41) is 2.47. The second-order valence-corrected chi connectivity index (χ2v) is 9.38. The summed E-state index contributed by atoms with van der Waals surface area (Å²) < 4.78 is 65.3. The Morgan fingerprint density at radius 1 is 1.03 bits per heavy atom. The summed E-state index contributed by atoms with van der Waals surface area (Å²) in [6.45, 7) is 1.44. The van der Waals surface area contributed by atoms with Gasteiger partial charge >= 0.3 is 0 Å². The van der Waals surface area contributed by atoms with Gasteiger partial charge in [-0.05, 0) is 43.2 Å². The third-order valence-corrected chi connectivity index (χ3v) is 6.22. The molecule has 180 valence electrons. The Morgan fingerprint density at radius 3 is 2.21 bits per heavy atom. The fourth-order valence-electron chi connectivity index (χ4n) is 3.22. The number of nitrogens with zero attached hydrogens (tertiary/aromatic N) is 2. The van der Waals surface area contributed by atoms with E-state index in [9.17, 15) is 31.2 Å². The Kier molecular flexibility index (Phi) is 8.86. The van der Waals surface area contributed by atoms with Crippen molar-refractivity contribution in [1.29, 1.82) is 0 Å². The van der Waals surface area contributed by atoms with Gasteiger partial charge < -0.3 is 10.2 Å². The van der Waals surface area contributed by atoms with Gasteiger partial charge in [0.2, 0.25) is 21.8 Å². The first-order valence-corrected chi connectivity index (χ1v) is 12.0. The predicted molar refractivity (Wildman–Crippen MR) is 118 cm³/mol. The fraction of sp³-hybridized carbons (Fsp3) is 0.364. The molecule has 0 saturated heterocycles. The van der Waals surface area contributed by atoms with Crippen LogP contribution in [0.1, 0.15) is 25.3 Å². The van der Waals surface area contributed by atoms with E-state index in [0.29, 0.717) is 5.56 Å². The number of hydrogen-bond acceptors (Lipinski definition) is 4. The van der Waals surface area contributed by atoms with Crippen molar-refractivity contribution in [3.63, 3.8) is 0 Å². The van der Waals surface area contributed by atoms with Crippen molar-refractivity contribution in [3.8, 4) is 0 Å². The number of nitrogens with one attached hydrogen (secondary N) is 1. The average Bonchev–Trinajstić information content (AvgIpc) is 2.76. The van der Waals surface area contributed by atoms with Gasteiger partial charge in [-0.15, -0.1) is 0 Å². The molecule has 33 heavy (non-hydrogen) atoms. The van der Waals surface area contributed by atoms with Gasteiger partial charge in [-0.25, -0.2) is 21.6 Å². The number of halogens is 3. The number of sulfonamides is 1. The van der Waals surface area contributed by atoms with Crippen LogP contribution in [0.2, 0.25) is 0 Å². The van der Waals surface area contributed by atoms with Crippen LogP contribution >= 0.6 is 0 Å². The van der Waals surface area contributed by atoms with Gasteiger partial charge in [0.1, 0.15) is 11.9 Å². The van der Waals surface area contributed by atoms with Crippen molar-refractivity contribution < 1.29 is 31.2 Å². The maximum Gasteiger partial charge on any atom is 0.242 e. The molecular weight excluding hydrogens is 459 g/mol. The average molecular weight is 486 g/mol. The van der Waals surface area contributed by atoms with Gasteiger partial charge in [0.05, 0.1) is 11.9 Å². The van der Waals surface area contributed by atoms with E-state index in [2.05, 4.69) is 5.32 Å². The Labute approximate surface area is 191 Å². The first-order chi connectivity index (χ1) is 15.4. The Bertz CT molecular complexity index is 1090. The summed E-state index contributed by atoms with van der Waals surface area (Å²) in [6, 6.07) is 7.39. The highest BCUT2D eigenvalue weighted by molar-refractivity contribution is 7.92. The SMILES string of the molecule is CNC(=O)C(C)N(Cc1ccc(F)cc1)C(=O)CCCN(c1ccc(F)c(F)c1)S(C)(=O)=O. The number of anilines is 1. The normalized spacial score (nSPS) is 12.2. The minimum Gasteiger partial charge on any atom is -0.357 e. The lowest BCUT2D eigenvalue weighted by molar-refractivity contribution is -0.140. The quantitative estimate of drug-likeness (QED) is 0.561. The van der Waals surface area contributed by atoms with Crippen LogP contribution in [0.15, 0.2) is 42.5 Å². The highest BCUT2D eigenvalue weighted by Crippen LogP contribution is 2.21. The summed E-state index contributed by atoms with van der Waals surface area (Å²) in [6.07, 6.45) is 0.869. The first kappa shape index (κ1) is 26.2. The number of amides is 2. The van der Waals surface area contributed by atoms with Gasteiger partial charge in [-0.2, -0.15) is 0 Å². The Morgan fingerprint density at radius 2 is 1.67 bits per heavy atom. The van der Waals surface area contributed by atoms with Crippen LogP contribution in [0.25, 0.3) is 0 Å². The molecule has 0 fully saturated rings. The zero-order valence-corrected chi connectivity index (χ0v) is 19.3. The zero-order chi connectivity index (χ0) is 24.8. The molecule has 0 bridgehead atoms. The third kappa shape index (κ3) is 7.21. The lowest BCUT2D eigenvalue weighted by Crippen LogP contribution is -2.46. The van der Waals surface area contributed by atoms with E-state index in [0.717, 1.165) is 28.8 Å². The van der Waals surface area contributed by atoms with E-state index in [1.54, 1.807) is 6.92 Å². The van der Waals surface area contributed by atoms with Crippen LogP contribution in [0.4, 0.5) is 18.9 Å². The first-order valence-electron chi connectivity index (χ1n) is 10.1. The molecule has 2 aromatic carbocycles. The third-order valence-electron chi connectivity index (χ3n) is 5.02. The van der Waals surface area contributed by atoms with Gasteiger partial charge in [0, 0.05) is 32.6 Å². The lowest BCUT2D eigenvalue weighted by atomic mass is 10.1. The molecular formula is C22H26F3N3O4S. The molecule has 2 aromatic rings. The van der Waals surface area contributed by atoms with Crippen molar-refractivity contribution in [1.82, 2.24) is 10.2 Å². The maximum atomic E-state index is 13.6. The summed E-state index contributed by atoms with van der Waals surface area (Å²) in [5.41, 5.74) is 0.547.